The molecule has 3 heterocycles. The molecule has 2 unspecified atom stereocenters. The number of hydrogen-bond acceptors (Lipinski definition) is 14. The number of piperidine rings is 1. The third-order valence-corrected chi connectivity index (χ3v) is 15.0. The molecule has 2 bridgehead atoms. The van der Waals surface area contributed by atoms with Crippen molar-refractivity contribution in [1.29, 1.82) is 0 Å². The largest absolute Gasteiger partial charge is 0.460 e. The quantitative estimate of drug-likeness (QED) is 0.0916. The summed E-state index contributed by atoms with van der Waals surface area (Å²) in [5.74, 6) is -8.12. The number of ether oxygens (including phenoxy) is 6. The van der Waals surface area contributed by atoms with E-state index < -0.39 is 77.8 Å². The smallest absolute Gasteiger partial charge is 0.329 e. The van der Waals surface area contributed by atoms with Crippen LogP contribution in [0.3, 0.4) is 0 Å². The van der Waals surface area contributed by atoms with Crippen LogP contribution in [-0.2, 0) is 52.4 Å². The minimum Gasteiger partial charge on any atom is -0.460 e. The third kappa shape index (κ3) is 16.3. The van der Waals surface area contributed by atoms with Crippen LogP contribution in [0, 0.1) is 35.5 Å². The highest BCUT2D eigenvalue weighted by atomic mass is 16.6. The summed E-state index contributed by atoms with van der Waals surface area (Å²) < 4.78 is 35.4. The molecule has 3 fully saturated rings. The van der Waals surface area contributed by atoms with Crippen LogP contribution in [0.15, 0.2) is 47.6 Å². The Morgan fingerprint density at radius 3 is 2.29 bits per heavy atom. The highest BCUT2D eigenvalue weighted by molar-refractivity contribution is 6.39. The fourth-order valence-corrected chi connectivity index (χ4v) is 10.4. The number of methoxy groups -OCH3 is 2. The summed E-state index contributed by atoms with van der Waals surface area (Å²) in [6, 6.07) is -1.16. The maximum atomic E-state index is 14.5. The lowest BCUT2D eigenvalue weighted by Crippen LogP contribution is -2.61. The molecule has 390 valence electrons. The van der Waals surface area contributed by atoms with Crippen LogP contribution in [-0.4, -0.2) is 145 Å². The first-order chi connectivity index (χ1) is 32.7. The number of rotatable bonds is 10. The zero-order chi connectivity index (χ0) is 51.0. The van der Waals surface area contributed by atoms with Crippen molar-refractivity contribution in [3.8, 4) is 0 Å². The van der Waals surface area contributed by atoms with Gasteiger partial charge in [-0.05, 0) is 114 Å². The molecule has 15 heteroatoms. The van der Waals surface area contributed by atoms with Crippen molar-refractivity contribution in [2.45, 2.75) is 187 Å². The molecular formula is C54H85NO14. The first-order valence-electron chi connectivity index (χ1n) is 25.6. The lowest BCUT2D eigenvalue weighted by molar-refractivity contribution is -0.265. The van der Waals surface area contributed by atoms with Crippen LogP contribution < -0.4 is 0 Å². The number of fused-ring (bicyclic) bond motifs is 3. The van der Waals surface area contributed by atoms with E-state index in [1.165, 1.54) is 12.0 Å². The number of hydrogen-bond donors (Lipinski definition) is 3. The molecule has 15 atom stereocenters. The van der Waals surface area contributed by atoms with Gasteiger partial charge in [0.1, 0.15) is 30.1 Å². The topological polar surface area (TPSA) is 205 Å². The summed E-state index contributed by atoms with van der Waals surface area (Å²) in [6.07, 6.45) is 10.8. The van der Waals surface area contributed by atoms with E-state index in [0.717, 1.165) is 12.8 Å². The molecule has 4 aliphatic rings. The molecule has 4 rings (SSSR count). The van der Waals surface area contributed by atoms with Gasteiger partial charge in [0.2, 0.25) is 5.79 Å². The Bertz CT molecular complexity index is 1830. The average molecular weight is 972 g/mol. The second kappa shape index (κ2) is 28.0. The van der Waals surface area contributed by atoms with Crippen LogP contribution in [0.25, 0.3) is 0 Å². The maximum Gasteiger partial charge on any atom is 0.329 e. The van der Waals surface area contributed by atoms with Gasteiger partial charge in [0.05, 0.1) is 37.6 Å². The highest BCUT2D eigenvalue weighted by Gasteiger charge is 2.53. The van der Waals surface area contributed by atoms with E-state index in [1.54, 1.807) is 60.0 Å². The number of cyclic esters (lactones) is 1. The molecule has 0 radical (unpaired) electrons. The lowest BCUT2D eigenvalue weighted by Gasteiger charge is -2.42. The fourth-order valence-electron chi connectivity index (χ4n) is 10.4. The second-order valence-electron chi connectivity index (χ2n) is 20.4. The first-order valence-corrected chi connectivity index (χ1v) is 25.6. The Balaban J connectivity index is 1.67. The normalized spacial score (nSPS) is 38.8. The Morgan fingerprint density at radius 2 is 1.59 bits per heavy atom. The van der Waals surface area contributed by atoms with E-state index in [1.807, 2.05) is 39.0 Å². The van der Waals surface area contributed by atoms with E-state index in [4.69, 9.17) is 28.4 Å². The van der Waals surface area contributed by atoms with Crippen LogP contribution in [0.2, 0.25) is 0 Å². The van der Waals surface area contributed by atoms with Crippen LogP contribution in [0.4, 0.5) is 0 Å². The van der Waals surface area contributed by atoms with E-state index in [0.29, 0.717) is 75.9 Å². The Kier molecular flexibility index (Phi) is 23.6. The average Bonchev–Trinajstić information content (AvgIpc) is 3.32. The molecule has 2 saturated heterocycles. The molecule has 1 aliphatic carbocycles. The van der Waals surface area contributed by atoms with Crippen molar-refractivity contribution in [3.63, 3.8) is 0 Å². The van der Waals surface area contributed by atoms with Crippen molar-refractivity contribution in [2.75, 3.05) is 40.6 Å². The van der Waals surface area contributed by atoms with Gasteiger partial charge in [-0.25, -0.2) is 4.79 Å². The summed E-state index contributed by atoms with van der Waals surface area (Å²) in [6.45, 7) is 16.0. The number of Topliss-reactive ketones (excluding diaryl/α,β-unsaturated/α-hetero) is 3. The van der Waals surface area contributed by atoms with Crippen LogP contribution in [0.5, 0.6) is 0 Å². The SMILES string of the molecule is CCOCCO[C@@H]1CC[C@@H](C[C@@H](C)[C@@H]2CC(=O)[C@H](C)/C=C(\C)[C@@H](O)C(OC)C(=O)[C@H](C)C[C@H](C)/C=C/C=C/C=C(\C)C(O)C[C@@H]3CC[C@@H](C)[C@@](O)(O3)C(=O)C(=O)N3CCCC[C@H]3C(=O)O2)C[C@H]1OC. The van der Waals surface area contributed by atoms with E-state index in [9.17, 15) is 39.3 Å². The number of carbonyl (C=O) groups is 5. The van der Waals surface area contributed by atoms with Gasteiger partial charge in [-0.15, -0.1) is 0 Å². The summed E-state index contributed by atoms with van der Waals surface area (Å²) in [5, 5.41) is 34.5. The lowest BCUT2D eigenvalue weighted by atomic mass is 9.78. The van der Waals surface area contributed by atoms with Gasteiger partial charge in [-0.2, -0.15) is 0 Å². The minimum atomic E-state index is -2.48. The van der Waals surface area contributed by atoms with Gasteiger partial charge in [-0.1, -0.05) is 71.1 Å². The number of amides is 1. The standard InChI is InChI=1S/C54H85NO14/c1-11-66-25-26-67-45-23-21-40(30-47(45)64-9)29-36(5)46-32-44(57)35(4)28-38(7)49(59)50(65-10)48(58)37(6)27-33(2)17-13-12-14-18-34(3)43(56)31-41-22-20-39(8)54(63,69-41)51(60)52(61)55-24-16-15-19-42(55)53(62)68-46/h12-14,17-18,28,33,35-37,39-43,45-47,49-50,56,59,63H,11,15-16,19-27,29-32H2,1-10H3/b14-12+,17-13+,34-18+,38-28+/t33-,35-,36-,37-,39-,40+,41+,42+,43?,45-,46+,47-,49-,50?,54-/m1/s1. The second-order valence-corrected chi connectivity index (χ2v) is 20.4. The van der Waals surface area contributed by atoms with Gasteiger partial charge in [0.25, 0.3) is 11.7 Å². The number of aliphatic hydroxyl groups is 3. The predicted molar refractivity (Wildman–Crippen MR) is 261 cm³/mol. The molecule has 69 heavy (non-hydrogen) atoms. The maximum absolute atomic E-state index is 14.5. The van der Waals surface area contributed by atoms with Crippen molar-refractivity contribution < 1.29 is 67.7 Å². The van der Waals surface area contributed by atoms with Gasteiger partial charge in [-0.3, -0.25) is 19.2 Å². The summed E-state index contributed by atoms with van der Waals surface area (Å²) in [4.78, 5) is 72.0. The monoisotopic (exact) mass is 972 g/mol. The Morgan fingerprint density at radius 1 is 0.855 bits per heavy atom. The summed E-state index contributed by atoms with van der Waals surface area (Å²) >= 11 is 0. The number of nitrogens with zero attached hydrogens (tertiary/aromatic N) is 1. The molecule has 3 aliphatic heterocycles. The van der Waals surface area contributed by atoms with Crippen molar-refractivity contribution in [1.82, 2.24) is 4.90 Å². The molecule has 1 saturated carbocycles. The van der Waals surface area contributed by atoms with E-state index in [2.05, 4.69) is 0 Å². The zero-order valence-electron chi connectivity index (χ0n) is 43.1. The fraction of sp³-hybridized carbons (Fsp3) is 0.759. The Labute approximate surface area is 411 Å². The number of esters is 1. The number of allylic oxidation sites excluding steroid dienone is 6. The molecule has 3 N–H and O–H groups in total. The zero-order valence-corrected chi connectivity index (χ0v) is 43.1. The van der Waals surface area contributed by atoms with Crippen LogP contribution in [0.1, 0.15) is 132 Å². The summed E-state index contributed by atoms with van der Waals surface area (Å²) in [5.41, 5.74) is 1.01. The molecule has 0 aromatic heterocycles. The number of ketones is 3. The van der Waals surface area contributed by atoms with Crippen LogP contribution >= 0.6 is 0 Å². The van der Waals surface area contributed by atoms with E-state index in [-0.39, 0.29) is 67.3 Å². The van der Waals surface area contributed by atoms with Gasteiger partial charge in [0, 0.05) is 58.0 Å². The first kappa shape index (κ1) is 58.2. The van der Waals surface area contributed by atoms with Crippen molar-refractivity contribution in [2.24, 2.45) is 35.5 Å². The molecule has 0 spiro atoms. The molecule has 1 amide bonds. The predicted octanol–water partition coefficient (Wildman–Crippen LogP) is 6.59. The molecular weight excluding hydrogens is 887 g/mol. The minimum absolute atomic E-state index is 0.00471. The molecule has 15 nitrogen and oxygen atoms in total. The van der Waals surface area contributed by atoms with Crippen molar-refractivity contribution >= 4 is 29.2 Å². The van der Waals surface area contributed by atoms with Crippen molar-refractivity contribution in [3.05, 3.63) is 47.6 Å². The van der Waals surface area contributed by atoms with Gasteiger partial charge < -0.3 is 48.6 Å². The molecule has 0 aromatic carbocycles. The Hall–Kier alpha value is -3.41. The van der Waals surface area contributed by atoms with E-state index >= 15 is 0 Å². The molecule has 0 aromatic rings. The van der Waals surface area contributed by atoms with Gasteiger partial charge >= 0.3 is 5.97 Å². The summed E-state index contributed by atoms with van der Waals surface area (Å²) in [7, 11) is 3.04. The number of carbonyl (C=O) groups excluding carboxylic acids is 5. The highest BCUT2D eigenvalue weighted by Crippen LogP contribution is 2.38. The number of aliphatic hydroxyl groups excluding tert-OH is 2. The van der Waals surface area contributed by atoms with Gasteiger partial charge in [0.15, 0.2) is 5.78 Å². The third-order valence-electron chi connectivity index (χ3n) is 15.0.